The van der Waals surface area contributed by atoms with Gasteiger partial charge in [0.2, 0.25) is 5.75 Å². The summed E-state index contributed by atoms with van der Waals surface area (Å²) in [6, 6.07) is 2.39. The maximum absolute atomic E-state index is 11.0. The molecule has 0 saturated carbocycles. The van der Waals surface area contributed by atoms with Crippen LogP contribution in [0.5, 0.6) is 11.5 Å². The quantitative estimate of drug-likeness (QED) is 0.242. The second kappa shape index (κ2) is 6.82. The van der Waals surface area contributed by atoms with Crippen LogP contribution in [0.2, 0.25) is 5.02 Å². The van der Waals surface area contributed by atoms with Gasteiger partial charge < -0.3 is 10.2 Å². The van der Waals surface area contributed by atoms with E-state index in [2.05, 4.69) is 25.9 Å². The Morgan fingerprint density at radius 1 is 1.27 bits per heavy atom. The van der Waals surface area contributed by atoms with E-state index in [1.54, 1.807) is 12.3 Å². The van der Waals surface area contributed by atoms with E-state index in [0.29, 0.717) is 31.6 Å². The third-order valence-electron chi connectivity index (χ3n) is 3.77. The summed E-state index contributed by atoms with van der Waals surface area (Å²) in [5, 5.41) is 33.3. The molecule has 0 aliphatic carbocycles. The Kier molecular flexibility index (Phi) is 4.87. The maximum Gasteiger partial charge on any atom is 0.315 e. The summed E-state index contributed by atoms with van der Waals surface area (Å²) >= 11 is 11.0. The normalized spacial score (nSPS) is 10.9. The lowest BCUT2D eigenvalue weighted by Gasteiger charge is -2.09. The van der Waals surface area contributed by atoms with Gasteiger partial charge in [-0.1, -0.05) is 11.6 Å². The summed E-state index contributed by atoms with van der Waals surface area (Å²) < 4.78 is 0.595. The molecule has 1 aromatic carbocycles. The van der Waals surface area contributed by atoms with E-state index < -0.39 is 22.1 Å². The number of hydrogen-bond donors (Lipinski definition) is 2. The van der Waals surface area contributed by atoms with Gasteiger partial charge in [0.05, 0.1) is 21.3 Å². The largest absolute Gasteiger partial charge is 0.504 e. The van der Waals surface area contributed by atoms with Gasteiger partial charge in [-0.25, -0.2) is 9.97 Å². The van der Waals surface area contributed by atoms with Gasteiger partial charge in [0, 0.05) is 22.6 Å². The molecule has 10 heteroatoms. The number of aryl methyl sites for hydroxylation is 1. The smallest absolute Gasteiger partial charge is 0.315 e. The number of hydrogen-bond acceptors (Lipinski definition) is 7. The van der Waals surface area contributed by atoms with Crippen LogP contribution < -0.4 is 0 Å². The number of thiazole rings is 1. The third-order valence-corrected chi connectivity index (χ3v) is 5.76. The first-order valence-electron chi connectivity index (χ1n) is 7.19. The lowest BCUT2D eigenvalue weighted by atomic mass is 10.1. The molecule has 26 heavy (non-hydrogen) atoms. The molecule has 3 aromatic rings. The highest BCUT2D eigenvalue weighted by Gasteiger charge is 2.22. The third kappa shape index (κ3) is 3.13. The maximum atomic E-state index is 11.0. The van der Waals surface area contributed by atoms with Crippen LogP contribution in [0.25, 0.3) is 21.8 Å². The molecule has 2 heterocycles. The number of phenolic OH excluding ortho intramolecular Hbond substituents is 2. The number of nitro benzene ring substituents is 1. The van der Waals surface area contributed by atoms with Crippen molar-refractivity contribution in [1.82, 2.24) is 9.97 Å². The predicted molar refractivity (Wildman–Crippen MR) is 103 cm³/mol. The summed E-state index contributed by atoms with van der Waals surface area (Å²) in [4.78, 5) is 19.1. The van der Waals surface area contributed by atoms with Crippen molar-refractivity contribution in [3.63, 3.8) is 0 Å². The first kappa shape index (κ1) is 18.6. The van der Waals surface area contributed by atoms with E-state index in [0.717, 1.165) is 17.2 Å². The van der Waals surface area contributed by atoms with Gasteiger partial charge in [0.15, 0.2) is 5.75 Å². The van der Waals surface area contributed by atoms with E-state index >= 15 is 0 Å². The number of rotatable bonds is 3. The Morgan fingerprint density at radius 3 is 2.62 bits per heavy atom. The number of nitro groups is 1. The molecular weight excluding hydrogens is 446 g/mol. The number of halogens is 2. The lowest BCUT2D eigenvalue weighted by Crippen LogP contribution is -1.94. The standard InChI is InChI=1S/C16H11BrClN3O4S/c1-6-12(15(17)19-7(2)13(6)18)16-20-9(5-26-16)8-3-10(21(24)25)14(23)11(22)4-8/h3-5,22-23H,1-2H3. The lowest BCUT2D eigenvalue weighted by molar-refractivity contribution is -0.385. The van der Waals surface area contributed by atoms with Crippen molar-refractivity contribution in [3.8, 4) is 33.3 Å². The zero-order valence-electron chi connectivity index (χ0n) is 13.4. The molecule has 0 atom stereocenters. The van der Waals surface area contributed by atoms with Crippen molar-refractivity contribution in [2.24, 2.45) is 0 Å². The van der Waals surface area contributed by atoms with E-state index in [1.807, 2.05) is 6.92 Å². The summed E-state index contributed by atoms with van der Waals surface area (Å²) in [6.45, 7) is 3.66. The molecule has 3 rings (SSSR count). The van der Waals surface area contributed by atoms with Crippen molar-refractivity contribution in [3.05, 3.63) is 48.5 Å². The molecular formula is C16H11BrClN3O4S. The van der Waals surface area contributed by atoms with Crippen molar-refractivity contribution >= 4 is 44.6 Å². The highest BCUT2D eigenvalue weighted by Crippen LogP contribution is 2.42. The molecule has 0 spiro atoms. The molecule has 0 amide bonds. The first-order chi connectivity index (χ1) is 12.2. The molecule has 0 radical (unpaired) electrons. The fraction of sp³-hybridized carbons (Fsp3) is 0.125. The van der Waals surface area contributed by atoms with Gasteiger partial charge >= 0.3 is 5.69 Å². The van der Waals surface area contributed by atoms with Crippen LogP contribution >= 0.6 is 38.9 Å². The Labute approximate surface area is 165 Å². The summed E-state index contributed by atoms with van der Waals surface area (Å²) in [5.74, 6) is -1.36. The fourth-order valence-electron chi connectivity index (χ4n) is 2.45. The highest BCUT2D eigenvalue weighted by atomic mass is 79.9. The number of aromatic nitrogens is 2. The van der Waals surface area contributed by atoms with Gasteiger partial charge in [0.25, 0.3) is 0 Å². The molecule has 2 aromatic heterocycles. The van der Waals surface area contributed by atoms with Crippen molar-refractivity contribution < 1.29 is 15.1 Å². The molecule has 0 bridgehead atoms. The Bertz CT molecular complexity index is 1050. The second-order valence-electron chi connectivity index (χ2n) is 5.46. The minimum absolute atomic E-state index is 0.314. The van der Waals surface area contributed by atoms with Crippen molar-refractivity contribution in [2.75, 3.05) is 0 Å². The Hall–Kier alpha value is -2.23. The zero-order valence-corrected chi connectivity index (χ0v) is 16.6. The fourth-order valence-corrected chi connectivity index (χ4v) is 4.40. The number of nitrogens with zero attached hydrogens (tertiary/aromatic N) is 3. The van der Waals surface area contributed by atoms with Gasteiger partial charge in [0.1, 0.15) is 9.61 Å². The van der Waals surface area contributed by atoms with E-state index in [9.17, 15) is 20.3 Å². The summed E-state index contributed by atoms with van der Waals surface area (Å²) in [5.41, 5.74) is 2.38. The minimum Gasteiger partial charge on any atom is -0.504 e. The molecule has 0 unspecified atom stereocenters. The molecule has 0 saturated heterocycles. The van der Waals surface area contributed by atoms with Gasteiger partial charge in [-0.15, -0.1) is 11.3 Å². The predicted octanol–water partition coefficient (Wildman–Crippen LogP) is 5.22. The van der Waals surface area contributed by atoms with Crippen molar-refractivity contribution in [2.45, 2.75) is 13.8 Å². The van der Waals surface area contributed by atoms with Crippen LogP contribution in [0.1, 0.15) is 11.3 Å². The van der Waals surface area contributed by atoms with Crippen LogP contribution in [0.15, 0.2) is 22.1 Å². The Balaban J connectivity index is 2.13. The number of aromatic hydroxyl groups is 2. The van der Waals surface area contributed by atoms with Crippen LogP contribution in [0.4, 0.5) is 5.69 Å². The van der Waals surface area contributed by atoms with Gasteiger partial charge in [-0.3, -0.25) is 10.1 Å². The molecule has 0 fully saturated rings. The van der Waals surface area contributed by atoms with E-state index in [1.165, 1.54) is 17.4 Å². The topological polar surface area (TPSA) is 109 Å². The second-order valence-corrected chi connectivity index (χ2v) is 7.45. The van der Waals surface area contributed by atoms with Crippen LogP contribution in [0.3, 0.4) is 0 Å². The van der Waals surface area contributed by atoms with E-state index in [4.69, 9.17) is 11.6 Å². The molecule has 2 N–H and O–H groups in total. The first-order valence-corrected chi connectivity index (χ1v) is 9.24. The molecule has 7 nitrogen and oxygen atoms in total. The Morgan fingerprint density at radius 2 is 1.96 bits per heavy atom. The highest BCUT2D eigenvalue weighted by molar-refractivity contribution is 9.10. The van der Waals surface area contributed by atoms with Crippen LogP contribution in [0, 0.1) is 24.0 Å². The van der Waals surface area contributed by atoms with Gasteiger partial charge in [-0.05, 0) is 41.4 Å². The SMILES string of the molecule is Cc1nc(Br)c(-c2nc(-c3cc(O)c(O)c([N+](=O)[O-])c3)cs2)c(C)c1Cl. The number of pyridine rings is 1. The average Bonchev–Trinajstić information content (AvgIpc) is 3.04. The van der Waals surface area contributed by atoms with Crippen LogP contribution in [-0.4, -0.2) is 25.1 Å². The summed E-state index contributed by atoms with van der Waals surface area (Å²) in [6.07, 6.45) is 0. The van der Waals surface area contributed by atoms with Gasteiger partial charge in [-0.2, -0.15) is 0 Å². The monoisotopic (exact) mass is 455 g/mol. The minimum atomic E-state index is -0.776. The summed E-state index contributed by atoms with van der Waals surface area (Å²) in [7, 11) is 0. The average molecular weight is 457 g/mol. The van der Waals surface area contributed by atoms with E-state index in [-0.39, 0.29) is 0 Å². The molecule has 0 aliphatic heterocycles. The number of benzene rings is 1. The van der Waals surface area contributed by atoms with Crippen LogP contribution in [-0.2, 0) is 0 Å². The molecule has 0 aliphatic rings. The zero-order chi connectivity index (χ0) is 19.2. The number of phenols is 2. The molecule has 134 valence electrons. The van der Waals surface area contributed by atoms with Crippen molar-refractivity contribution in [1.29, 1.82) is 0 Å².